The number of carbonyl (C=O) groups excluding carboxylic acids is 2. The number of anilines is 1. The summed E-state index contributed by atoms with van der Waals surface area (Å²) in [5, 5.41) is -0.156. The fourth-order valence-electron chi connectivity index (χ4n) is 2.56. The van der Waals surface area contributed by atoms with E-state index in [1.165, 1.54) is 42.5 Å². The minimum absolute atomic E-state index is 0. The molecule has 4 N–H and O–H groups in total. The molecule has 0 fully saturated rings. The molecule has 0 atom stereocenters. The summed E-state index contributed by atoms with van der Waals surface area (Å²) in [6.45, 7) is 0. The van der Waals surface area contributed by atoms with Crippen LogP contribution in [0.5, 0.6) is 0 Å². The standard InChI is InChI=1S/C19H14ClN3O8S2.Cr.Na/c20-12-8-16(19(25)18(9-12)33(29,30)31)21-10-11-7-14(3-6-17(11)24)23-22-13-1-4-15(5-2-13)32(26,27)28;;/h1-10,22-23H,(H,26,27,28)(H,29,30,31);;/q;;+1/b11-10+,21-16?;;. The summed E-state index contributed by atoms with van der Waals surface area (Å²) in [6.07, 6.45) is 6.94. The van der Waals surface area contributed by atoms with E-state index in [0.717, 1.165) is 18.4 Å². The van der Waals surface area contributed by atoms with E-state index in [4.69, 9.17) is 20.7 Å². The summed E-state index contributed by atoms with van der Waals surface area (Å²) in [4.78, 5) is 27.0. The smallest absolute Gasteiger partial charge is 0.301 e. The third-order valence-electron chi connectivity index (χ3n) is 4.13. The fraction of sp³-hybridized carbons (Fsp3) is 0. The number of halogens is 1. The van der Waals surface area contributed by atoms with Crippen molar-refractivity contribution in [2.45, 2.75) is 4.90 Å². The average molecular weight is 587 g/mol. The first kappa shape index (κ1) is 31.2. The van der Waals surface area contributed by atoms with Crippen molar-refractivity contribution in [2.24, 2.45) is 4.99 Å². The molecule has 1 aromatic carbocycles. The maximum Gasteiger partial charge on any atom is 1.00 e. The molecule has 35 heavy (non-hydrogen) atoms. The van der Waals surface area contributed by atoms with Gasteiger partial charge in [-0.2, -0.15) is 16.8 Å². The maximum atomic E-state index is 12.2. The zero-order valence-electron chi connectivity index (χ0n) is 17.7. The number of hydrogen-bond donors (Lipinski definition) is 4. The van der Waals surface area contributed by atoms with Gasteiger partial charge in [-0.25, -0.2) is 0 Å². The van der Waals surface area contributed by atoms with Crippen LogP contribution in [0, 0.1) is 0 Å². The number of nitrogens with one attached hydrogen (secondary N) is 2. The van der Waals surface area contributed by atoms with Crippen molar-refractivity contribution >= 4 is 54.8 Å². The Bertz CT molecular complexity index is 1440. The van der Waals surface area contributed by atoms with E-state index in [2.05, 4.69) is 15.8 Å². The van der Waals surface area contributed by atoms with Gasteiger partial charge in [-0.05, 0) is 54.6 Å². The molecule has 1 aromatic rings. The van der Waals surface area contributed by atoms with Crippen LogP contribution in [-0.2, 0) is 47.2 Å². The molecule has 0 saturated heterocycles. The second-order valence-corrected chi connectivity index (χ2v) is 9.74. The quantitative estimate of drug-likeness (QED) is 0.103. The molecule has 11 nitrogen and oxygen atoms in total. The number of nitrogens with zero attached hydrogens (tertiary/aromatic N) is 1. The minimum Gasteiger partial charge on any atom is -0.301 e. The number of carbonyl (C=O) groups is 2. The van der Waals surface area contributed by atoms with E-state index in [1.54, 1.807) is 0 Å². The van der Waals surface area contributed by atoms with Crippen LogP contribution in [0.4, 0.5) is 5.69 Å². The Hall–Kier alpha value is -1.83. The molecule has 0 aromatic heterocycles. The molecule has 16 heteroatoms. The second-order valence-electron chi connectivity index (χ2n) is 6.49. The normalized spacial score (nSPS) is 18.2. The Kier molecular flexibility index (Phi) is 11.1. The van der Waals surface area contributed by atoms with Crippen molar-refractivity contribution < 1.29 is 82.4 Å². The molecule has 2 aliphatic rings. The summed E-state index contributed by atoms with van der Waals surface area (Å²) < 4.78 is 62.9. The summed E-state index contributed by atoms with van der Waals surface area (Å²) in [6, 6.07) is 5.15. The van der Waals surface area contributed by atoms with E-state index < -0.39 is 42.4 Å². The van der Waals surface area contributed by atoms with Crippen molar-refractivity contribution in [1.29, 1.82) is 0 Å². The Balaban J connectivity index is 0.00000306. The Morgan fingerprint density at radius 1 is 0.886 bits per heavy atom. The van der Waals surface area contributed by atoms with Crippen molar-refractivity contribution in [2.75, 3.05) is 5.43 Å². The van der Waals surface area contributed by atoms with Crippen molar-refractivity contribution in [3.8, 4) is 0 Å². The van der Waals surface area contributed by atoms with E-state index in [0.29, 0.717) is 11.4 Å². The van der Waals surface area contributed by atoms with Crippen LogP contribution >= 0.6 is 11.6 Å². The summed E-state index contributed by atoms with van der Waals surface area (Å²) >= 11 is 5.78. The molecule has 0 saturated carbocycles. The maximum absolute atomic E-state index is 12.2. The number of hydrazine groups is 1. The number of aliphatic imine (C=N–C) groups is 1. The van der Waals surface area contributed by atoms with E-state index in [1.807, 2.05) is 0 Å². The minimum atomic E-state index is -4.82. The van der Waals surface area contributed by atoms with Crippen LogP contribution in [0.2, 0.25) is 0 Å². The van der Waals surface area contributed by atoms with Gasteiger partial charge in [0.15, 0.2) is 5.78 Å². The van der Waals surface area contributed by atoms with Crippen molar-refractivity contribution in [3.63, 3.8) is 0 Å². The molecule has 0 spiro atoms. The predicted octanol–water partition coefficient (Wildman–Crippen LogP) is -1.32. The predicted molar refractivity (Wildman–Crippen MR) is 119 cm³/mol. The molecule has 0 radical (unpaired) electrons. The van der Waals surface area contributed by atoms with Crippen molar-refractivity contribution in [3.05, 3.63) is 82.1 Å². The summed E-state index contributed by atoms with van der Waals surface area (Å²) in [5.74, 6) is -1.54. The van der Waals surface area contributed by atoms with Gasteiger partial charge in [-0.15, -0.1) is 0 Å². The molecule has 0 aliphatic heterocycles. The molecule has 178 valence electrons. The topological polar surface area (TPSA) is 179 Å². The van der Waals surface area contributed by atoms with E-state index in [-0.39, 0.29) is 62.4 Å². The van der Waals surface area contributed by atoms with Gasteiger partial charge in [0.25, 0.3) is 20.2 Å². The van der Waals surface area contributed by atoms with Gasteiger partial charge in [0, 0.05) is 34.2 Å². The number of Topliss-reactive ketones (excluding diaryl/α,β-unsaturated/α-hetero) is 1. The second kappa shape index (κ2) is 12.4. The van der Waals surface area contributed by atoms with Crippen LogP contribution in [0.15, 0.2) is 91.9 Å². The van der Waals surface area contributed by atoms with E-state index in [9.17, 15) is 26.4 Å². The average Bonchev–Trinajstić information content (AvgIpc) is 2.73. The van der Waals surface area contributed by atoms with Crippen LogP contribution in [0.1, 0.15) is 0 Å². The molecule has 0 bridgehead atoms. The fourth-order valence-corrected chi connectivity index (χ4v) is 3.94. The van der Waals surface area contributed by atoms with Crippen LogP contribution < -0.4 is 40.4 Å². The number of hydrogen-bond acceptors (Lipinski definition) is 9. The Morgan fingerprint density at radius 2 is 1.51 bits per heavy atom. The zero-order chi connectivity index (χ0) is 24.4. The van der Waals surface area contributed by atoms with Gasteiger partial charge < -0.3 is 10.9 Å². The first-order chi connectivity index (χ1) is 15.3. The molecule has 0 amide bonds. The molecular weight excluding hydrogens is 573 g/mol. The number of ketones is 2. The van der Waals surface area contributed by atoms with Crippen molar-refractivity contribution in [1.82, 2.24) is 5.43 Å². The molecule has 0 unspecified atom stereocenters. The number of rotatable bonds is 6. The summed E-state index contributed by atoms with van der Waals surface area (Å²) in [7, 11) is -9.14. The third-order valence-corrected chi connectivity index (χ3v) is 6.08. The van der Waals surface area contributed by atoms with Crippen LogP contribution in [-0.4, -0.2) is 43.2 Å². The van der Waals surface area contributed by atoms with Crippen LogP contribution in [0.25, 0.3) is 0 Å². The van der Waals surface area contributed by atoms with Gasteiger partial charge >= 0.3 is 29.6 Å². The van der Waals surface area contributed by atoms with Gasteiger partial charge in [-0.3, -0.25) is 23.7 Å². The Morgan fingerprint density at radius 3 is 2.09 bits per heavy atom. The van der Waals surface area contributed by atoms with Gasteiger partial charge in [-0.1, -0.05) is 11.6 Å². The van der Waals surface area contributed by atoms with E-state index >= 15 is 0 Å². The first-order valence-electron chi connectivity index (χ1n) is 8.77. The van der Waals surface area contributed by atoms with Gasteiger partial charge in [0.1, 0.15) is 10.6 Å². The third kappa shape index (κ3) is 8.37. The van der Waals surface area contributed by atoms with Crippen LogP contribution in [0.3, 0.4) is 0 Å². The SMILES string of the molecule is O=C1C(S(=O)(=O)O)=CC(Cl)=CC1=N/C=C1\C=C(NNc2ccc(S(=O)(=O)O)cc2)C=CC1=O.[Cr].[Na+]. The largest absolute Gasteiger partial charge is 1.00 e. The Labute approximate surface area is 238 Å². The monoisotopic (exact) mass is 586 g/mol. The molecule has 3 rings (SSSR count). The summed E-state index contributed by atoms with van der Waals surface area (Å²) in [5.41, 5.74) is 6.01. The van der Waals surface area contributed by atoms with Gasteiger partial charge in [0.05, 0.1) is 16.3 Å². The molecule has 0 heterocycles. The number of allylic oxidation sites excluding steroid dienone is 8. The molecular formula is C19H14ClCrN3NaO8S2+. The molecule has 2 aliphatic carbocycles. The zero-order valence-corrected chi connectivity index (χ0v) is 23.3. The first-order valence-corrected chi connectivity index (χ1v) is 12.0. The van der Waals surface area contributed by atoms with Gasteiger partial charge in [0.2, 0.25) is 5.78 Å². The number of benzene rings is 1.